The number of carbonyl (C=O) groups is 1. The van der Waals surface area contributed by atoms with E-state index in [1.54, 1.807) is 19.2 Å². The molecule has 0 fully saturated rings. The molecule has 0 atom stereocenters. The summed E-state index contributed by atoms with van der Waals surface area (Å²) in [4.78, 5) is 15.2. The van der Waals surface area contributed by atoms with Crippen molar-refractivity contribution in [2.24, 2.45) is 0 Å². The van der Waals surface area contributed by atoms with E-state index in [4.69, 9.17) is 9.47 Å². The normalized spacial score (nSPS) is 10.9. The van der Waals surface area contributed by atoms with Gasteiger partial charge in [0.2, 0.25) is 0 Å². The lowest BCUT2D eigenvalue weighted by atomic mass is 10.0. The van der Waals surface area contributed by atoms with Crippen molar-refractivity contribution in [2.75, 3.05) is 20.3 Å². The maximum absolute atomic E-state index is 14.0. The number of hydrogen-bond donors (Lipinski definition) is 2. The highest BCUT2D eigenvalue weighted by atomic mass is 19.1. The van der Waals surface area contributed by atoms with Crippen LogP contribution in [0.3, 0.4) is 0 Å². The van der Waals surface area contributed by atoms with Gasteiger partial charge in [-0.05, 0) is 62.1 Å². The number of methoxy groups -OCH3 is 1. The first kappa shape index (κ1) is 19.7. The van der Waals surface area contributed by atoms with Crippen molar-refractivity contribution in [3.8, 4) is 11.5 Å². The molecule has 0 saturated heterocycles. The van der Waals surface area contributed by atoms with Gasteiger partial charge in [0.05, 0.1) is 12.6 Å². The third-order valence-corrected chi connectivity index (χ3v) is 4.76. The third kappa shape index (κ3) is 4.27. The van der Waals surface area contributed by atoms with Crippen LogP contribution in [0.25, 0.3) is 10.9 Å². The van der Waals surface area contributed by atoms with E-state index in [9.17, 15) is 9.18 Å². The zero-order valence-corrected chi connectivity index (χ0v) is 16.6. The van der Waals surface area contributed by atoms with Gasteiger partial charge in [-0.3, -0.25) is 4.79 Å². The highest BCUT2D eigenvalue weighted by Crippen LogP contribution is 2.27. The molecule has 0 bridgehead atoms. The molecular formula is C22H25FN2O3. The molecule has 0 saturated carbocycles. The van der Waals surface area contributed by atoms with E-state index in [1.165, 1.54) is 6.07 Å². The maximum atomic E-state index is 14.0. The number of fused-ring (bicyclic) bond motifs is 1. The lowest BCUT2D eigenvalue weighted by molar-refractivity contribution is -0.123. The molecule has 1 heterocycles. The molecule has 3 rings (SSSR count). The standard InChI is InChI=1S/C22H25FN2O3/c1-13-9-16(27-4)11-17(10-13)28-12-20(26)24-8-7-18-15(3)25-22-19(23)6-5-14(2)21(18)22/h5-6,9-11,25H,7-8,12H2,1-4H3,(H,24,26). The Balaban J connectivity index is 1.58. The van der Waals surface area contributed by atoms with Gasteiger partial charge in [-0.15, -0.1) is 0 Å². The largest absolute Gasteiger partial charge is 0.497 e. The van der Waals surface area contributed by atoms with Crippen LogP contribution in [0.15, 0.2) is 30.3 Å². The van der Waals surface area contributed by atoms with Crippen LogP contribution >= 0.6 is 0 Å². The summed E-state index contributed by atoms with van der Waals surface area (Å²) in [6.45, 7) is 6.19. The molecule has 2 N–H and O–H groups in total. The van der Waals surface area contributed by atoms with Gasteiger partial charge in [0, 0.05) is 23.7 Å². The number of carbonyl (C=O) groups excluding carboxylic acids is 1. The topological polar surface area (TPSA) is 63.4 Å². The molecule has 0 aliphatic carbocycles. The van der Waals surface area contributed by atoms with Crippen LogP contribution in [-0.2, 0) is 11.2 Å². The van der Waals surface area contributed by atoms with E-state index in [-0.39, 0.29) is 18.3 Å². The number of H-pyrrole nitrogens is 1. The highest BCUT2D eigenvalue weighted by molar-refractivity contribution is 5.88. The van der Waals surface area contributed by atoms with E-state index >= 15 is 0 Å². The van der Waals surface area contributed by atoms with E-state index in [1.807, 2.05) is 32.9 Å². The molecule has 0 aliphatic heterocycles. The number of rotatable bonds is 7. The molecule has 1 amide bonds. The number of ether oxygens (including phenoxy) is 2. The van der Waals surface area contributed by atoms with Crippen molar-refractivity contribution < 1.29 is 18.7 Å². The van der Waals surface area contributed by atoms with Gasteiger partial charge < -0.3 is 19.8 Å². The van der Waals surface area contributed by atoms with Crippen molar-refractivity contribution >= 4 is 16.8 Å². The number of nitrogens with one attached hydrogen (secondary N) is 2. The fourth-order valence-corrected chi connectivity index (χ4v) is 3.40. The molecule has 1 aromatic heterocycles. The number of amides is 1. The summed E-state index contributed by atoms with van der Waals surface area (Å²) in [6.07, 6.45) is 0.611. The second kappa shape index (κ2) is 8.33. The van der Waals surface area contributed by atoms with E-state index < -0.39 is 0 Å². The van der Waals surface area contributed by atoms with Crippen molar-refractivity contribution in [1.82, 2.24) is 10.3 Å². The van der Waals surface area contributed by atoms with Gasteiger partial charge in [-0.25, -0.2) is 4.39 Å². The van der Waals surface area contributed by atoms with E-state index in [0.29, 0.717) is 30.0 Å². The number of benzene rings is 2. The van der Waals surface area contributed by atoms with Crippen molar-refractivity contribution in [3.05, 3.63) is 58.5 Å². The third-order valence-electron chi connectivity index (χ3n) is 4.76. The molecule has 0 aliphatic rings. The molecule has 0 spiro atoms. The SMILES string of the molecule is COc1cc(C)cc(OCC(=O)NCCc2c(C)[nH]c3c(F)ccc(C)c23)c1. The summed E-state index contributed by atoms with van der Waals surface area (Å²) in [5.41, 5.74) is 4.47. The summed E-state index contributed by atoms with van der Waals surface area (Å²) in [5, 5.41) is 3.76. The zero-order valence-electron chi connectivity index (χ0n) is 16.6. The molecule has 2 aromatic carbocycles. The van der Waals surface area contributed by atoms with Gasteiger partial charge in [0.1, 0.15) is 17.3 Å². The van der Waals surface area contributed by atoms with Crippen LogP contribution in [0.2, 0.25) is 0 Å². The van der Waals surface area contributed by atoms with Crippen molar-refractivity contribution in [1.29, 1.82) is 0 Å². The average Bonchev–Trinajstić information content (AvgIpc) is 3.00. The second-order valence-electron chi connectivity index (χ2n) is 6.92. The Morgan fingerprint density at radius 3 is 2.64 bits per heavy atom. The first-order valence-electron chi connectivity index (χ1n) is 9.20. The molecule has 3 aromatic rings. The first-order valence-corrected chi connectivity index (χ1v) is 9.20. The Hall–Kier alpha value is -3.02. The lowest BCUT2D eigenvalue weighted by Crippen LogP contribution is -2.30. The minimum Gasteiger partial charge on any atom is -0.497 e. The fourth-order valence-electron chi connectivity index (χ4n) is 3.40. The highest BCUT2D eigenvalue weighted by Gasteiger charge is 2.14. The van der Waals surface area contributed by atoms with Crippen LogP contribution < -0.4 is 14.8 Å². The molecule has 0 unspecified atom stereocenters. The number of aryl methyl sites for hydroxylation is 3. The Kier molecular flexibility index (Phi) is 5.87. The Morgan fingerprint density at radius 1 is 1.14 bits per heavy atom. The molecule has 28 heavy (non-hydrogen) atoms. The maximum Gasteiger partial charge on any atom is 0.257 e. The predicted octanol–water partition coefficient (Wildman–Crippen LogP) is 3.98. The van der Waals surface area contributed by atoms with Gasteiger partial charge in [0.15, 0.2) is 6.61 Å². The minimum atomic E-state index is -0.263. The zero-order chi connectivity index (χ0) is 20.3. The summed E-state index contributed by atoms with van der Waals surface area (Å²) >= 11 is 0. The quantitative estimate of drug-likeness (QED) is 0.648. The Labute approximate surface area is 163 Å². The fraction of sp³-hybridized carbons (Fsp3) is 0.318. The molecule has 5 nitrogen and oxygen atoms in total. The van der Waals surface area contributed by atoms with Gasteiger partial charge in [0.25, 0.3) is 5.91 Å². The Morgan fingerprint density at radius 2 is 1.89 bits per heavy atom. The molecular weight excluding hydrogens is 359 g/mol. The van der Waals surface area contributed by atoms with Crippen LogP contribution in [0.5, 0.6) is 11.5 Å². The van der Waals surface area contributed by atoms with E-state index in [0.717, 1.165) is 27.8 Å². The lowest BCUT2D eigenvalue weighted by Gasteiger charge is -2.10. The Bertz CT molecular complexity index is 1010. The smallest absolute Gasteiger partial charge is 0.257 e. The van der Waals surface area contributed by atoms with Gasteiger partial charge in [-0.2, -0.15) is 0 Å². The second-order valence-corrected chi connectivity index (χ2v) is 6.92. The predicted molar refractivity (Wildman–Crippen MR) is 108 cm³/mol. The number of hydrogen-bond acceptors (Lipinski definition) is 3. The van der Waals surface area contributed by atoms with Crippen LogP contribution in [0, 0.1) is 26.6 Å². The first-order chi connectivity index (χ1) is 13.4. The average molecular weight is 384 g/mol. The minimum absolute atomic E-state index is 0.0763. The summed E-state index contributed by atoms with van der Waals surface area (Å²) < 4.78 is 24.8. The molecule has 6 heteroatoms. The number of aromatic amines is 1. The van der Waals surface area contributed by atoms with Crippen LogP contribution in [0.1, 0.15) is 22.4 Å². The van der Waals surface area contributed by atoms with Crippen LogP contribution in [0.4, 0.5) is 4.39 Å². The van der Waals surface area contributed by atoms with Gasteiger partial charge >= 0.3 is 0 Å². The van der Waals surface area contributed by atoms with Crippen LogP contribution in [-0.4, -0.2) is 31.2 Å². The number of aromatic nitrogens is 1. The summed E-state index contributed by atoms with van der Waals surface area (Å²) in [7, 11) is 1.59. The number of halogens is 1. The molecule has 0 radical (unpaired) electrons. The summed E-state index contributed by atoms with van der Waals surface area (Å²) in [5.74, 6) is 0.806. The van der Waals surface area contributed by atoms with E-state index in [2.05, 4.69) is 10.3 Å². The van der Waals surface area contributed by atoms with Crippen molar-refractivity contribution in [2.45, 2.75) is 27.2 Å². The summed E-state index contributed by atoms with van der Waals surface area (Å²) in [6, 6.07) is 8.73. The van der Waals surface area contributed by atoms with Gasteiger partial charge in [-0.1, -0.05) is 6.07 Å². The van der Waals surface area contributed by atoms with Crippen molar-refractivity contribution in [3.63, 3.8) is 0 Å². The molecule has 148 valence electrons. The monoisotopic (exact) mass is 384 g/mol.